The van der Waals surface area contributed by atoms with Crippen molar-refractivity contribution in [2.45, 2.75) is 43.4 Å². The lowest BCUT2D eigenvalue weighted by molar-refractivity contribution is -0.143. The zero-order valence-corrected chi connectivity index (χ0v) is 21.6. The summed E-state index contributed by atoms with van der Waals surface area (Å²) in [5, 5.41) is 35.3. The van der Waals surface area contributed by atoms with E-state index in [2.05, 4.69) is 28.6 Å². The van der Waals surface area contributed by atoms with Crippen molar-refractivity contribution in [2.24, 2.45) is 11.5 Å². The van der Waals surface area contributed by atoms with Crippen molar-refractivity contribution in [1.29, 1.82) is 0 Å². The van der Waals surface area contributed by atoms with Gasteiger partial charge in [-0.1, -0.05) is 24.3 Å². The molecule has 0 aromatic heterocycles. The predicted octanol–water partition coefficient (Wildman–Crippen LogP) is -1.45. The fourth-order valence-electron chi connectivity index (χ4n) is 3.47. The quantitative estimate of drug-likeness (QED) is 0.123. The van der Waals surface area contributed by atoms with Gasteiger partial charge in [0.25, 0.3) is 0 Å². The van der Waals surface area contributed by atoms with E-state index in [1.165, 1.54) is 24.3 Å². The first-order valence-electron chi connectivity index (χ1n) is 11.7. The zero-order valence-electron chi connectivity index (χ0n) is 20.7. The number of thiol groups is 1. The third-order valence-corrected chi connectivity index (χ3v) is 5.94. The van der Waals surface area contributed by atoms with Crippen molar-refractivity contribution in [3.05, 3.63) is 59.7 Å². The van der Waals surface area contributed by atoms with E-state index >= 15 is 0 Å². The Hall–Kier alpha value is -4.30. The fraction of sp³-hybridized carbons (Fsp3) is 0.320. The minimum atomic E-state index is -1.61. The number of carboxylic acids is 1. The monoisotopic (exact) mass is 561 g/mol. The first-order valence-corrected chi connectivity index (χ1v) is 12.4. The maximum absolute atomic E-state index is 13.2. The summed E-state index contributed by atoms with van der Waals surface area (Å²) < 4.78 is 0. The molecule has 2 aromatic carbocycles. The number of carbonyl (C=O) groups excluding carboxylic acids is 4. The van der Waals surface area contributed by atoms with Gasteiger partial charge in [-0.25, -0.2) is 4.79 Å². The van der Waals surface area contributed by atoms with Crippen molar-refractivity contribution in [1.82, 2.24) is 16.0 Å². The highest BCUT2D eigenvalue weighted by molar-refractivity contribution is 7.80. The number of rotatable bonds is 14. The van der Waals surface area contributed by atoms with Crippen LogP contribution in [0, 0.1) is 0 Å². The zero-order chi connectivity index (χ0) is 29.1. The number of benzene rings is 2. The van der Waals surface area contributed by atoms with E-state index in [4.69, 9.17) is 11.5 Å². The van der Waals surface area contributed by atoms with Crippen molar-refractivity contribution in [2.75, 3.05) is 5.75 Å². The molecule has 2 aromatic rings. The van der Waals surface area contributed by atoms with Crippen molar-refractivity contribution < 1.29 is 39.3 Å². The first-order chi connectivity index (χ1) is 18.4. The van der Waals surface area contributed by atoms with Gasteiger partial charge >= 0.3 is 5.97 Å². The molecule has 0 aliphatic carbocycles. The Morgan fingerprint density at radius 2 is 1.15 bits per heavy atom. The minimum Gasteiger partial charge on any atom is -0.508 e. The number of nitrogens with one attached hydrogen (secondary N) is 3. The van der Waals surface area contributed by atoms with E-state index in [-0.39, 0.29) is 30.1 Å². The van der Waals surface area contributed by atoms with Gasteiger partial charge in [-0.05, 0) is 41.8 Å². The number of phenols is 2. The van der Waals surface area contributed by atoms with Crippen LogP contribution in [0.25, 0.3) is 0 Å². The first kappa shape index (κ1) is 30.9. The number of nitrogens with two attached hydrogens (primary N) is 2. The smallest absolute Gasteiger partial charge is 0.326 e. The number of carboxylic acid groups (broad SMARTS) is 1. The Labute approximate surface area is 229 Å². The van der Waals surface area contributed by atoms with Gasteiger partial charge < -0.3 is 42.7 Å². The highest BCUT2D eigenvalue weighted by atomic mass is 32.1. The molecule has 0 heterocycles. The van der Waals surface area contributed by atoms with Gasteiger partial charge in [0.1, 0.15) is 29.6 Å². The van der Waals surface area contributed by atoms with Crippen LogP contribution in [0.5, 0.6) is 11.5 Å². The van der Waals surface area contributed by atoms with Gasteiger partial charge in [0.05, 0.1) is 12.5 Å². The number of hydrogen-bond donors (Lipinski definition) is 9. The van der Waals surface area contributed by atoms with Crippen LogP contribution < -0.4 is 27.4 Å². The fourth-order valence-corrected chi connectivity index (χ4v) is 3.73. The van der Waals surface area contributed by atoms with Crippen LogP contribution in [0.3, 0.4) is 0 Å². The van der Waals surface area contributed by atoms with Crippen LogP contribution in [0.4, 0.5) is 0 Å². The Kier molecular flexibility index (Phi) is 11.6. The molecule has 0 aliphatic heterocycles. The summed E-state index contributed by atoms with van der Waals surface area (Å²) in [5.41, 5.74) is 12.3. The van der Waals surface area contributed by atoms with Gasteiger partial charge in [-0.15, -0.1) is 0 Å². The molecule has 0 saturated heterocycles. The van der Waals surface area contributed by atoms with Gasteiger partial charge in [0.2, 0.25) is 23.6 Å². The standard InChI is InChI=1S/C25H31N5O8S/c26-17(9-13-1-5-15(31)6-2-13)22(34)28-18(10-14-3-7-16(32)8-4-14)23(35)30-20(12-39)24(36)29-19(25(37)38)11-21(27)33/h1-8,17-20,31-32,39H,9-12,26H2,(H2,27,33)(H,28,34)(H,29,36)(H,30,35)(H,37,38). The Morgan fingerprint density at radius 3 is 1.62 bits per heavy atom. The number of phenolic OH excluding ortho intramolecular Hbond substituents is 2. The average Bonchev–Trinajstić information content (AvgIpc) is 2.88. The maximum atomic E-state index is 13.2. The Bertz CT molecular complexity index is 1180. The molecule has 4 atom stereocenters. The summed E-state index contributed by atoms with van der Waals surface area (Å²) in [6.45, 7) is 0. The number of hydrogen-bond acceptors (Lipinski definition) is 9. The van der Waals surface area contributed by atoms with E-state index in [1.807, 2.05) is 0 Å². The summed E-state index contributed by atoms with van der Waals surface area (Å²) in [7, 11) is 0. The van der Waals surface area contributed by atoms with Gasteiger partial charge in [-0.2, -0.15) is 12.6 Å². The molecular weight excluding hydrogens is 530 g/mol. The lowest BCUT2D eigenvalue weighted by Gasteiger charge is -2.24. The number of aliphatic carboxylic acids is 1. The molecule has 10 N–H and O–H groups in total. The normalized spacial score (nSPS) is 13.8. The molecule has 0 fully saturated rings. The van der Waals surface area contributed by atoms with Crippen molar-refractivity contribution >= 4 is 42.2 Å². The van der Waals surface area contributed by atoms with E-state index in [0.29, 0.717) is 11.1 Å². The van der Waals surface area contributed by atoms with Crippen LogP contribution in [0.2, 0.25) is 0 Å². The summed E-state index contributed by atoms with van der Waals surface area (Å²) in [6.07, 6.45) is -0.589. The molecule has 0 bridgehead atoms. The second-order valence-electron chi connectivity index (χ2n) is 8.72. The van der Waals surface area contributed by atoms with Crippen molar-refractivity contribution in [3.63, 3.8) is 0 Å². The Morgan fingerprint density at radius 1 is 0.718 bits per heavy atom. The predicted molar refractivity (Wildman–Crippen MR) is 143 cm³/mol. The molecule has 0 saturated carbocycles. The SMILES string of the molecule is NC(=O)CC(NC(=O)C(CS)NC(=O)C(Cc1ccc(O)cc1)NC(=O)C(N)Cc1ccc(O)cc1)C(=O)O. The van der Waals surface area contributed by atoms with Gasteiger partial charge in [0.15, 0.2) is 0 Å². The average molecular weight is 562 g/mol. The lowest BCUT2D eigenvalue weighted by Crippen LogP contribution is -2.58. The molecule has 0 aliphatic rings. The molecule has 14 heteroatoms. The van der Waals surface area contributed by atoms with Crippen LogP contribution in [-0.4, -0.2) is 74.8 Å². The topological polar surface area (TPSA) is 234 Å². The second kappa shape index (κ2) is 14.6. The maximum Gasteiger partial charge on any atom is 0.326 e. The van der Waals surface area contributed by atoms with E-state index in [1.54, 1.807) is 24.3 Å². The van der Waals surface area contributed by atoms with Crippen LogP contribution >= 0.6 is 12.6 Å². The molecular formula is C25H31N5O8S. The van der Waals surface area contributed by atoms with E-state index < -0.39 is 60.2 Å². The van der Waals surface area contributed by atoms with Crippen molar-refractivity contribution in [3.8, 4) is 11.5 Å². The summed E-state index contributed by atoms with van der Waals surface area (Å²) in [4.78, 5) is 61.2. The number of amides is 4. The lowest BCUT2D eigenvalue weighted by atomic mass is 10.0. The molecule has 2 rings (SSSR count). The highest BCUT2D eigenvalue weighted by Gasteiger charge is 2.30. The number of aromatic hydroxyl groups is 2. The van der Waals surface area contributed by atoms with Crippen LogP contribution in [-0.2, 0) is 36.8 Å². The van der Waals surface area contributed by atoms with E-state index in [9.17, 15) is 39.3 Å². The molecule has 39 heavy (non-hydrogen) atoms. The van der Waals surface area contributed by atoms with Gasteiger partial charge in [0, 0.05) is 12.2 Å². The van der Waals surface area contributed by atoms with Gasteiger partial charge in [-0.3, -0.25) is 19.2 Å². The molecule has 0 spiro atoms. The van der Waals surface area contributed by atoms with Crippen LogP contribution in [0.1, 0.15) is 17.5 Å². The summed E-state index contributed by atoms with van der Waals surface area (Å²) in [5.74, 6) is -5.01. The third-order valence-electron chi connectivity index (χ3n) is 5.57. The summed E-state index contributed by atoms with van der Waals surface area (Å²) >= 11 is 4.05. The summed E-state index contributed by atoms with van der Waals surface area (Å²) in [6, 6.07) is 6.77. The largest absolute Gasteiger partial charge is 0.508 e. The van der Waals surface area contributed by atoms with Crippen LogP contribution in [0.15, 0.2) is 48.5 Å². The second-order valence-corrected chi connectivity index (χ2v) is 9.09. The third kappa shape index (κ3) is 10.2. The highest BCUT2D eigenvalue weighted by Crippen LogP contribution is 2.13. The number of carbonyl (C=O) groups is 5. The number of primary amides is 1. The minimum absolute atomic E-state index is 0.00420. The Balaban J connectivity index is 2.17. The molecule has 4 amide bonds. The molecule has 13 nitrogen and oxygen atoms in total. The molecule has 210 valence electrons. The molecule has 0 radical (unpaired) electrons. The van der Waals surface area contributed by atoms with E-state index in [0.717, 1.165) is 0 Å². The molecule has 4 unspecified atom stereocenters.